The largest absolute Gasteiger partial charge is 0.496 e. The van der Waals surface area contributed by atoms with Crippen molar-refractivity contribution < 1.29 is 9.53 Å². The molecule has 6 heteroatoms. The maximum Gasteiger partial charge on any atom is 0.219 e. The number of fused-ring (bicyclic) bond motifs is 1. The number of hydrogen-bond acceptors (Lipinski definition) is 5. The van der Waals surface area contributed by atoms with Crippen molar-refractivity contribution in [2.45, 2.75) is 31.5 Å². The normalized spacial score (nSPS) is 19.9. The van der Waals surface area contributed by atoms with Crippen LogP contribution in [-0.4, -0.2) is 72.5 Å². The van der Waals surface area contributed by atoms with E-state index in [0.717, 1.165) is 45.0 Å². The molecule has 5 nitrogen and oxygen atoms in total. The van der Waals surface area contributed by atoms with Crippen molar-refractivity contribution in [1.29, 1.82) is 0 Å². The van der Waals surface area contributed by atoms with Crippen LogP contribution in [-0.2, 0) is 11.3 Å². The Hall–Kier alpha value is -3.45. The fraction of sp³-hybridized carbons (Fsp3) is 0.324. The third-order valence-electron chi connectivity index (χ3n) is 8.54. The number of nitrogens with zero attached hydrogens (tertiary/aromatic N) is 3. The number of piperazine rings is 2. The van der Waals surface area contributed by atoms with Crippen molar-refractivity contribution in [3.05, 3.63) is 112 Å². The van der Waals surface area contributed by atoms with Crippen LogP contribution in [0.1, 0.15) is 29.5 Å². The van der Waals surface area contributed by atoms with Crippen molar-refractivity contribution in [2.24, 2.45) is 0 Å². The lowest BCUT2D eigenvalue weighted by Gasteiger charge is -2.53. The lowest BCUT2D eigenvalue weighted by molar-refractivity contribution is -0.134. The van der Waals surface area contributed by atoms with Crippen LogP contribution in [0.5, 0.6) is 5.75 Å². The van der Waals surface area contributed by atoms with E-state index in [1.165, 1.54) is 27.8 Å². The number of amides is 1. The van der Waals surface area contributed by atoms with E-state index in [4.69, 9.17) is 4.74 Å². The molecule has 3 heterocycles. The number of rotatable bonds is 7. The minimum absolute atomic E-state index is 0.168. The Balaban J connectivity index is 1.37. The van der Waals surface area contributed by atoms with Crippen molar-refractivity contribution >= 4 is 17.2 Å². The molecule has 206 valence electrons. The molecule has 6 rings (SSSR count). The molecular weight excluding hydrogens is 514 g/mol. The third-order valence-corrected chi connectivity index (χ3v) is 9.23. The molecule has 0 radical (unpaired) electrons. The van der Waals surface area contributed by atoms with Crippen LogP contribution in [0.4, 0.5) is 0 Å². The standard InChI is InChI=1S/C34H37N3O2S/c1-25(38)36-16-17-37-31(22-36)21-35(20-30-19-28(13-14-33(30)39-2)29-15-18-40-24-29)23-32(37)34(26-9-5-3-6-10-26)27-11-7-4-8-12-27/h3-15,18-19,24,31-32,34H,16-17,20-23H2,1-2H3/t31-,32+/m1/s1. The van der Waals surface area contributed by atoms with E-state index < -0.39 is 0 Å². The summed E-state index contributed by atoms with van der Waals surface area (Å²) in [6, 6.07) is 31.1. The lowest BCUT2D eigenvalue weighted by Crippen LogP contribution is -2.67. The molecule has 0 bridgehead atoms. The molecule has 40 heavy (non-hydrogen) atoms. The molecule has 2 aliphatic heterocycles. The van der Waals surface area contributed by atoms with Crippen LogP contribution < -0.4 is 4.74 Å². The summed E-state index contributed by atoms with van der Waals surface area (Å²) >= 11 is 1.72. The predicted octanol–water partition coefficient (Wildman–Crippen LogP) is 5.97. The average molecular weight is 552 g/mol. The van der Waals surface area contributed by atoms with Crippen LogP contribution in [0, 0.1) is 0 Å². The fourth-order valence-electron chi connectivity index (χ4n) is 6.63. The highest BCUT2D eigenvalue weighted by Gasteiger charge is 2.42. The van der Waals surface area contributed by atoms with Gasteiger partial charge in [-0.15, -0.1) is 0 Å². The van der Waals surface area contributed by atoms with Gasteiger partial charge < -0.3 is 9.64 Å². The van der Waals surface area contributed by atoms with Crippen LogP contribution in [0.25, 0.3) is 11.1 Å². The smallest absolute Gasteiger partial charge is 0.219 e. The highest BCUT2D eigenvalue weighted by molar-refractivity contribution is 7.08. The number of benzene rings is 3. The second-order valence-corrected chi connectivity index (χ2v) is 11.7. The van der Waals surface area contributed by atoms with Gasteiger partial charge in [-0.3, -0.25) is 14.6 Å². The Morgan fingerprint density at radius 3 is 2.25 bits per heavy atom. The summed E-state index contributed by atoms with van der Waals surface area (Å²) in [4.78, 5) is 19.7. The number of thiophene rings is 1. The summed E-state index contributed by atoms with van der Waals surface area (Å²) in [7, 11) is 1.76. The molecule has 0 saturated carbocycles. The van der Waals surface area contributed by atoms with Crippen LogP contribution in [0.3, 0.4) is 0 Å². The van der Waals surface area contributed by atoms with Gasteiger partial charge in [-0.2, -0.15) is 11.3 Å². The molecule has 2 fully saturated rings. The van der Waals surface area contributed by atoms with E-state index in [-0.39, 0.29) is 23.9 Å². The second kappa shape index (κ2) is 12.0. The Labute approximate surface area is 241 Å². The summed E-state index contributed by atoms with van der Waals surface area (Å²) < 4.78 is 5.84. The number of ether oxygens (including phenoxy) is 1. The van der Waals surface area contributed by atoms with E-state index in [9.17, 15) is 4.79 Å². The zero-order valence-corrected chi connectivity index (χ0v) is 24.1. The lowest BCUT2D eigenvalue weighted by atomic mass is 9.81. The van der Waals surface area contributed by atoms with E-state index in [0.29, 0.717) is 0 Å². The summed E-state index contributed by atoms with van der Waals surface area (Å²) in [5.41, 5.74) is 6.34. The number of carbonyl (C=O) groups is 1. The van der Waals surface area contributed by atoms with Gasteiger partial charge in [-0.1, -0.05) is 66.7 Å². The summed E-state index contributed by atoms with van der Waals surface area (Å²) in [6.45, 7) is 6.82. The highest BCUT2D eigenvalue weighted by Crippen LogP contribution is 2.37. The highest BCUT2D eigenvalue weighted by atomic mass is 32.1. The number of carbonyl (C=O) groups excluding carboxylic acids is 1. The Morgan fingerprint density at radius 2 is 1.62 bits per heavy atom. The van der Waals surface area contributed by atoms with Gasteiger partial charge in [0.05, 0.1) is 7.11 Å². The monoisotopic (exact) mass is 551 g/mol. The molecular formula is C34H37N3O2S. The fourth-order valence-corrected chi connectivity index (χ4v) is 7.30. The zero-order valence-electron chi connectivity index (χ0n) is 23.3. The number of methoxy groups -OCH3 is 1. The average Bonchev–Trinajstić information content (AvgIpc) is 3.53. The van der Waals surface area contributed by atoms with Gasteiger partial charge in [0.25, 0.3) is 0 Å². The molecule has 2 saturated heterocycles. The molecule has 2 atom stereocenters. The third kappa shape index (κ3) is 5.57. The topological polar surface area (TPSA) is 36.0 Å². The second-order valence-electron chi connectivity index (χ2n) is 11.0. The van der Waals surface area contributed by atoms with Gasteiger partial charge in [-0.25, -0.2) is 0 Å². The van der Waals surface area contributed by atoms with E-state index in [1.807, 2.05) is 4.90 Å². The van der Waals surface area contributed by atoms with Crippen molar-refractivity contribution in [1.82, 2.24) is 14.7 Å². The number of hydrogen-bond donors (Lipinski definition) is 0. The van der Waals surface area contributed by atoms with Gasteiger partial charge in [0, 0.05) is 69.8 Å². The predicted molar refractivity (Wildman–Crippen MR) is 163 cm³/mol. The molecule has 1 amide bonds. The maximum atomic E-state index is 12.4. The van der Waals surface area contributed by atoms with Crippen molar-refractivity contribution in [3.63, 3.8) is 0 Å². The van der Waals surface area contributed by atoms with E-state index in [1.54, 1.807) is 25.4 Å². The molecule has 2 aliphatic rings. The molecule has 1 aromatic heterocycles. The van der Waals surface area contributed by atoms with Gasteiger partial charge in [0.1, 0.15) is 5.75 Å². The molecule has 0 spiro atoms. The SMILES string of the molecule is COc1ccc(-c2ccsc2)cc1CN1C[C@@H]2CN(C(C)=O)CCN2[C@H](C(c2ccccc2)c2ccccc2)C1. The Bertz CT molecular complexity index is 1370. The van der Waals surface area contributed by atoms with Gasteiger partial charge in [0.2, 0.25) is 5.91 Å². The van der Waals surface area contributed by atoms with Gasteiger partial charge in [-0.05, 0) is 51.2 Å². The molecule has 0 unspecified atom stereocenters. The van der Waals surface area contributed by atoms with E-state index in [2.05, 4.69) is 105 Å². The first kappa shape index (κ1) is 26.8. The Kier molecular flexibility index (Phi) is 8.00. The minimum Gasteiger partial charge on any atom is -0.496 e. The maximum absolute atomic E-state index is 12.4. The van der Waals surface area contributed by atoms with Gasteiger partial charge in [0.15, 0.2) is 0 Å². The molecule has 0 aliphatic carbocycles. The van der Waals surface area contributed by atoms with Crippen LogP contribution in [0.15, 0.2) is 95.7 Å². The summed E-state index contributed by atoms with van der Waals surface area (Å²) in [5.74, 6) is 1.33. The van der Waals surface area contributed by atoms with Crippen LogP contribution >= 0.6 is 11.3 Å². The summed E-state index contributed by atoms with van der Waals surface area (Å²) in [6.07, 6.45) is 0. The first-order chi connectivity index (χ1) is 19.6. The quantitative estimate of drug-likeness (QED) is 0.284. The minimum atomic E-state index is 0.168. The first-order valence-electron chi connectivity index (χ1n) is 14.1. The van der Waals surface area contributed by atoms with E-state index >= 15 is 0 Å². The molecule has 0 N–H and O–H groups in total. The van der Waals surface area contributed by atoms with Crippen molar-refractivity contribution in [3.8, 4) is 16.9 Å². The summed E-state index contributed by atoms with van der Waals surface area (Å²) in [5, 5.41) is 4.32. The first-order valence-corrected chi connectivity index (χ1v) is 15.1. The molecule has 3 aromatic carbocycles. The van der Waals surface area contributed by atoms with Gasteiger partial charge >= 0.3 is 0 Å². The van der Waals surface area contributed by atoms with Crippen LogP contribution in [0.2, 0.25) is 0 Å². The Morgan fingerprint density at radius 1 is 0.900 bits per heavy atom. The molecule has 4 aromatic rings. The zero-order chi connectivity index (χ0) is 27.5. The van der Waals surface area contributed by atoms with Crippen molar-refractivity contribution in [2.75, 3.05) is 39.8 Å².